The number of aryl methyl sites for hydroxylation is 1. The topological polar surface area (TPSA) is 158 Å². The van der Waals surface area contributed by atoms with Gasteiger partial charge in [-0.2, -0.15) is 0 Å². The Hall–Kier alpha value is -3.15. The first-order chi connectivity index (χ1) is 13.2. The van der Waals surface area contributed by atoms with E-state index in [1.807, 2.05) is 30.3 Å². The lowest BCUT2D eigenvalue weighted by Gasteiger charge is -2.23. The van der Waals surface area contributed by atoms with E-state index in [4.69, 9.17) is 21.3 Å². The van der Waals surface area contributed by atoms with Crippen LogP contribution in [-0.2, 0) is 20.7 Å². The molecule has 1 rings (SSSR count). The molecule has 0 spiro atoms. The van der Waals surface area contributed by atoms with E-state index in [1.165, 1.54) is 5.56 Å². The molecule has 154 valence electrons. The van der Waals surface area contributed by atoms with E-state index < -0.39 is 23.6 Å². The Morgan fingerprint density at radius 3 is 2.29 bits per heavy atom. The molecule has 3 amide bonds. The molecular formula is C19H29N5O4. The second kappa shape index (κ2) is 13.1. The van der Waals surface area contributed by atoms with Crippen LogP contribution < -0.4 is 16.4 Å². The number of carbonyl (C=O) groups is 3. The SMILES string of the molecule is CC(C)(C)OC(=O)N[C@H](CCC(N)=O)C(=O)NCCCc1ccccc1.N#N. The maximum atomic E-state index is 12.3. The van der Waals surface area contributed by atoms with E-state index >= 15 is 0 Å². The fourth-order valence-corrected chi connectivity index (χ4v) is 2.28. The molecule has 1 aromatic carbocycles. The highest BCUT2D eigenvalue weighted by Crippen LogP contribution is 2.08. The van der Waals surface area contributed by atoms with E-state index in [0.717, 1.165) is 12.8 Å². The molecule has 0 saturated carbocycles. The monoisotopic (exact) mass is 391 g/mol. The standard InChI is InChI=1S/C19H29N3O4.N2/c1-19(2,3)26-18(25)22-15(11-12-16(20)23)17(24)21-13-7-10-14-8-5-4-6-9-14;1-2/h4-6,8-9,15H,7,10-13H2,1-3H3,(H2,20,23)(H,21,24)(H,22,25);/t15-;/m1./s1. The summed E-state index contributed by atoms with van der Waals surface area (Å²) in [5, 5.41) is 17.3. The van der Waals surface area contributed by atoms with Crippen LogP contribution >= 0.6 is 0 Å². The van der Waals surface area contributed by atoms with Gasteiger partial charge in [0.2, 0.25) is 11.8 Å². The molecule has 0 heterocycles. The highest BCUT2D eigenvalue weighted by molar-refractivity contribution is 5.86. The Labute approximate surface area is 165 Å². The van der Waals surface area contributed by atoms with Crippen molar-refractivity contribution in [3.63, 3.8) is 0 Å². The molecule has 1 atom stereocenters. The van der Waals surface area contributed by atoms with Crippen LogP contribution in [0.15, 0.2) is 30.3 Å². The minimum atomic E-state index is -0.867. The van der Waals surface area contributed by atoms with Crippen molar-refractivity contribution >= 4 is 17.9 Å². The quantitative estimate of drug-likeness (QED) is 0.431. The number of hydrogen-bond donors (Lipinski definition) is 3. The molecule has 0 unspecified atom stereocenters. The number of hydrogen-bond acceptors (Lipinski definition) is 6. The Balaban J connectivity index is 0.00000352. The molecule has 0 saturated heterocycles. The number of rotatable bonds is 9. The van der Waals surface area contributed by atoms with Crippen molar-refractivity contribution in [2.75, 3.05) is 6.54 Å². The first-order valence-electron chi connectivity index (χ1n) is 8.97. The third-order valence-electron chi connectivity index (χ3n) is 3.47. The second-order valence-corrected chi connectivity index (χ2v) is 7.08. The number of nitrogens with one attached hydrogen (secondary N) is 2. The van der Waals surface area contributed by atoms with Crippen LogP contribution in [0.3, 0.4) is 0 Å². The summed E-state index contributed by atoms with van der Waals surface area (Å²) >= 11 is 0. The van der Waals surface area contributed by atoms with Crippen molar-refractivity contribution in [1.82, 2.24) is 10.6 Å². The average molecular weight is 391 g/mol. The Bertz CT molecular complexity index is 641. The smallest absolute Gasteiger partial charge is 0.408 e. The van der Waals surface area contributed by atoms with Gasteiger partial charge in [-0.3, -0.25) is 9.59 Å². The molecule has 0 aliphatic carbocycles. The summed E-state index contributed by atoms with van der Waals surface area (Å²) in [5.41, 5.74) is 5.66. The van der Waals surface area contributed by atoms with Crippen LogP contribution in [0.25, 0.3) is 0 Å². The molecule has 0 aromatic heterocycles. The number of alkyl carbamates (subject to hydrolysis) is 1. The van der Waals surface area contributed by atoms with Crippen LogP contribution in [0.2, 0.25) is 0 Å². The van der Waals surface area contributed by atoms with Gasteiger partial charge < -0.3 is 21.1 Å². The zero-order valence-corrected chi connectivity index (χ0v) is 16.6. The summed E-state index contributed by atoms with van der Waals surface area (Å²) in [6.07, 6.45) is 1.03. The highest BCUT2D eigenvalue weighted by Gasteiger charge is 2.24. The lowest BCUT2D eigenvalue weighted by molar-refractivity contribution is -0.123. The molecule has 4 N–H and O–H groups in total. The van der Waals surface area contributed by atoms with Gasteiger partial charge in [-0.15, -0.1) is 0 Å². The third kappa shape index (κ3) is 12.2. The first-order valence-corrected chi connectivity index (χ1v) is 8.97. The van der Waals surface area contributed by atoms with Gasteiger partial charge in [-0.05, 0) is 45.6 Å². The zero-order valence-electron chi connectivity index (χ0n) is 16.6. The number of ether oxygens (including phenoxy) is 1. The lowest BCUT2D eigenvalue weighted by atomic mass is 10.1. The van der Waals surface area contributed by atoms with Crippen molar-refractivity contribution in [2.24, 2.45) is 5.73 Å². The van der Waals surface area contributed by atoms with Gasteiger partial charge in [0.1, 0.15) is 11.6 Å². The molecule has 9 heteroatoms. The maximum absolute atomic E-state index is 12.3. The predicted octanol–water partition coefficient (Wildman–Crippen LogP) is 1.92. The lowest BCUT2D eigenvalue weighted by Crippen LogP contribution is -2.48. The van der Waals surface area contributed by atoms with Gasteiger partial charge in [0, 0.05) is 23.8 Å². The zero-order chi connectivity index (χ0) is 21.6. The van der Waals surface area contributed by atoms with Crippen molar-refractivity contribution in [1.29, 1.82) is 10.8 Å². The van der Waals surface area contributed by atoms with Gasteiger partial charge in [0.25, 0.3) is 0 Å². The number of nitrogens with two attached hydrogens (primary N) is 1. The summed E-state index contributed by atoms with van der Waals surface area (Å²) in [5.74, 6) is -0.886. The number of primary amides is 1. The molecule has 0 aliphatic heterocycles. The molecule has 9 nitrogen and oxygen atoms in total. The number of amides is 3. The molecule has 0 bridgehead atoms. The van der Waals surface area contributed by atoms with Crippen molar-refractivity contribution in [2.45, 2.75) is 58.1 Å². The molecule has 1 aromatic rings. The van der Waals surface area contributed by atoms with E-state index in [2.05, 4.69) is 10.6 Å². The summed E-state index contributed by atoms with van der Waals surface area (Å²) in [6, 6.07) is 9.09. The van der Waals surface area contributed by atoms with Crippen molar-refractivity contribution in [3.05, 3.63) is 35.9 Å². The number of nitrogens with zero attached hydrogens (tertiary/aromatic N) is 2. The Morgan fingerprint density at radius 2 is 1.75 bits per heavy atom. The van der Waals surface area contributed by atoms with Crippen molar-refractivity contribution < 1.29 is 19.1 Å². The van der Waals surface area contributed by atoms with Gasteiger partial charge in [0.05, 0.1) is 0 Å². The van der Waals surface area contributed by atoms with E-state index in [0.29, 0.717) is 6.54 Å². The summed E-state index contributed by atoms with van der Waals surface area (Å²) in [7, 11) is 0. The van der Waals surface area contributed by atoms with E-state index in [-0.39, 0.29) is 18.7 Å². The van der Waals surface area contributed by atoms with Crippen LogP contribution in [-0.4, -0.2) is 36.1 Å². The van der Waals surface area contributed by atoms with Crippen molar-refractivity contribution in [3.8, 4) is 0 Å². The Morgan fingerprint density at radius 1 is 1.14 bits per heavy atom. The van der Waals surface area contributed by atoms with Crippen LogP contribution in [0.1, 0.15) is 45.6 Å². The second-order valence-electron chi connectivity index (χ2n) is 7.08. The van der Waals surface area contributed by atoms with Gasteiger partial charge in [0.15, 0.2) is 0 Å². The number of benzene rings is 1. The van der Waals surface area contributed by atoms with E-state index in [9.17, 15) is 14.4 Å². The molecule has 0 aliphatic rings. The van der Waals surface area contributed by atoms with E-state index in [1.54, 1.807) is 20.8 Å². The highest BCUT2D eigenvalue weighted by atomic mass is 16.6. The van der Waals surface area contributed by atoms with Gasteiger partial charge in [-0.25, -0.2) is 4.79 Å². The van der Waals surface area contributed by atoms with Gasteiger partial charge in [-0.1, -0.05) is 30.3 Å². The largest absolute Gasteiger partial charge is 0.444 e. The van der Waals surface area contributed by atoms with Crippen LogP contribution in [0, 0.1) is 10.8 Å². The summed E-state index contributed by atoms with van der Waals surface area (Å²) in [4.78, 5) is 35.2. The fraction of sp³-hybridized carbons (Fsp3) is 0.526. The van der Waals surface area contributed by atoms with Crippen LogP contribution in [0.5, 0.6) is 0 Å². The molecule has 28 heavy (non-hydrogen) atoms. The Kier molecular flexibility index (Phi) is 11.6. The normalized spacial score (nSPS) is 11.3. The first kappa shape index (κ1) is 24.8. The maximum Gasteiger partial charge on any atom is 0.408 e. The summed E-state index contributed by atoms with van der Waals surface area (Å²) < 4.78 is 5.16. The minimum Gasteiger partial charge on any atom is -0.444 e. The van der Waals surface area contributed by atoms with Gasteiger partial charge >= 0.3 is 6.09 Å². The van der Waals surface area contributed by atoms with Crippen LogP contribution in [0.4, 0.5) is 4.79 Å². The molecule has 0 radical (unpaired) electrons. The number of carbonyl (C=O) groups excluding carboxylic acids is 3. The molecular weight excluding hydrogens is 362 g/mol. The fourth-order valence-electron chi connectivity index (χ4n) is 2.28. The third-order valence-corrected chi connectivity index (χ3v) is 3.47. The predicted molar refractivity (Wildman–Crippen MR) is 103 cm³/mol. The average Bonchev–Trinajstić information content (AvgIpc) is 2.63. The summed E-state index contributed by atoms with van der Waals surface area (Å²) in [6.45, 7) is 5.66. The molecule has 0 fully saturated rings. The minimum absolute atomic E-state index is 0.00208.